The van der Waals surface area contributed by atoms with E-state index in [1.54, 1.807) is 13.1 Å². The minimum atomic E-state index is 0.00782. The number of anilines is 1. The molecule has 2 N–H and O–H groups in total. The number of H-pyrrole nitrogens is 1. The fourth-order valence-electron chi connectivity index (χ4n) is 3.60. The highest BCUT2D eigenvalue weighted by Gasteiger charge is 2.18. The summed E-state index contributed by atoms with van der Waals surface area (Å²) in [7, 11) is 0. The maximum atomic E-state index is 12.2. The Balaban J connectivity index is 1.59. The van der Waals surface area contributed by atoms with Gasteiger partial charge in [0.2, 0.25) is 0 Å². The van der Waals surface area contributed by atoms with Gasteiger partial charge in [-0.15, -0.1) is 0 Å². The number of Topliss-reactive ketones (excluding diaryl/α,β-unsaturated/α-hetero) is 1. The van der Waals surface area contributed by atoms with Gasteiger partial charge in [-0.1, -0.05) is 18.2 Å². The predicted molar refractivity (Wildman–Crippen MR) is 103 cm³/mol. The fourth-order valence-corrected chi connectivity index (χ4v) is 3.60. The molecule has 0 saturated carbocycles. The first-order valence-corrected chi connectivity index (χ1v) is 9.13. The molecule has 1 fully saturated rings. The molecule has 3 heterocycles. The number of carbonyl (C=O) groups is 1. The van der Waals surface area contributed by atoms with E-state index in [9.17, 15) is 4.79 Å². The second-order valence-electron chi connectivity index (χ2n) is 6.72. The summed E-state index contributed by atoms with van der Waals surface area (Å²) in [6.45, 7) is 5.83. The second kappa shape index (κ2) is 7.25. The molecule has 0 amide bonds. The van der Waals surface area contributed by atoms with Crippen LogP contribution in [0, 0.1) is 0 Å². The van der Waals surface area contributed by atoms with Gasteiger partial charge in [-0.05, 0) is 45.0 Å². The number of rotatable bonds is 6. The zero-order valence-electron chi connectivity index (χ0n) is 15.0. The minimum Gasteiger partial charge on any atom is -0.369 e. The Labute approximate surface area is 152 Å². The van der Waals surface area contributed by atoms with Gasteiger partial charge in [-0.3, -0.25) is 4.79 Å². The zero-order valence-corrected chi connectivity index (χ0v) is 15.0. The van der Waals surface area contributed by atoms with Crippen LogP contribution in [0.1, 0.15) is 30.1 Å². The van der Waals surface area contributed by atoms with E-state index in [4.69, 9.17) is 0 Å². The lowest BCUT2D eigenvalue weighted by atomic mass is 10.1. The smallest absolute Gasteiger partial charge is 0.178 e. The maximum absolute atomic E-state index is 12.2. The number of hydrogen-bond acceptors (Lipinski definition) is 5. The van der Waals surface area contributed by atoms with Crippen molar-refractivity contribution in [3.05, 3.63) is 42.1 Å². The van der Waals surface area contributed by atoms with E-state index in [1.165, 1.54) is 25.9 Å². The van der Waals surface area contributed by atoms with E-state index >= 15 is 0 Å². The highest BCUT2D eigenvalue weighted by molar-refractivity contribution is 6.11. The molecule has 134 valence electrons. The van der Waals surface area contributed by atoms with Crippen LogP contribution in [-0.4, -0.2) is 51.8 Å². The Morgan fingerprint density at radius 3 is 2.85 bits per heavy atom. The Bertz CT molecular complexity index is 927. The number of hydrogen-bond donors (Lipinski definition) is 2. The van der Waals surface area contributed by atoms with Crippen LogP contribution in [0.3, 0.4) is 0 Å². The van der Waals surface area contributed by atoms with Gasteiger partial charge < -0.3 is 15.2 Å². The van der Waals surface area contributed by atoms with Crippen LogP contribution in [0.25, 0.3) is 22.4 Å². The number of nitrogens with one attached hydrogen (secondary N) is 2. The summed E-state index contributed by atoms with van der Waals surface area (Å²) in [6.07, 6.45) is 4.33. The van der Waals surface area contributed by atoms with Crippen LogP contribution in [0.5, 0.6) is 0 Å². The molecule has 6 heteroatoms. The monoisotopic (exact) mass is 349 g/mol. The number of aromatic nitrogens is 3. The van der Waals surface area contributed by atoms with E-state index in [-0.39, 0.29) is 5.78 Å². The lowest BCUT2D eigenvalue weighted by Gasteiger charge is -2.15. The molecule has 1 aliphatic rings. The highest BCUT2D eigenvalue weighted by Crippen LogP contribution is 2.29. The lowest BCUT2D eigenvalue weighted by Crippen LogP contribution is -2.26. The molecule has 0 spiro atoms. The lowest BCUT2D eigenvalue weighted by molar-refractivity contribution is 0.102. The standard InChI is InChI=1S/C20H23N5O/c1-14(26)18-15-6-2-3-7-16(15)23-19(18)20-22-9-8-17(24-20)21-10-13-25-11-4-5-12-25/h2-3,6-9,23H,4-5,10-13H2,1H3,(H,21,22,24). The summed E-state index contributed by atoms with van der Waals surface area (Å²) in [5.74, 6) is 1.33. The SMILES string of the molecule is CC(=O)c1c(-c2nccc(NCCN3CCCC3)n2)[nH]c2ccccc12. The van der Waals surface area contributed by atoms with Crippen molar-refractivity contribution in [2.75, 3.05) is 31.5 Å². The Morgan fingerprint density at radius 2 is 2.04 bits per heavy atom. The predicted octanol–water partition coefficient (Wildman–Crippen LogP) is 3.34. The number of nitrogens with zero attached hydrogens (tertiary/aromatic N) is 3. The summed E-state index contributed by atoms with van der Waals surface area (Å²) in [5, 5.41) is 4.28. The van der Waals surface area contributed by atoms with Crippen LogP contribution < -0.4 is 5.32 Å². The van der Waals surface area contributed by atoms with Gasteiger partial charge in [-0.25, -0.2) is 9.97 Å². The first-order chi connectivity index (χ1) is 12.7. The third kappa shape index (κ3) is 3.32. The van der Waals surface area contributed by atoms with Crippen LogP contribution in [0.2, 0.25) is 0 Å². The molecule has 26 heavy (non-hydrogen) atoms. The Hall–Kier alpha value is -2.73. The summed E-state index contributed by atoms with van der Waals surface area (Å²) in [5.41, 5.74) is 2.25. The van der Waals surface area contributed by atoms with E-state index in [0.717, 1.165) is 29.8 Å². The molecular formula is C20H23N5O. The molecule has 0 aliphatic carbocycles. The van der Waals surface area contributed by atoms with Gasteiger partial charge in [0, 0.05) is 30.2 Å². The molecule has 0 unspecified atom stereocenters. The van der Waals surface area contributed by atoms with Crippen molar-refractivity contribution in [1.82, 2.24) is 19.9 Å². The van der Waals surface area contributed by atoms with Crippen molar-refractivity contribution in [2.45, 2.75) is 19.8 Å². The van der Waals surface area contributed by atoms with E-state index < -0.39 is 0 Å². The molecule has 6 nitrogen and oxygen atoms in total. The maximum Gasteiger partial charge on any atom is 0.178 e. The Morgan fingerprint density at radius 1 is 1.23 bits per heavy atom. The van der Waals surface area contributed by atoms with Gasteiger partial charge in [0.1, 0.15) is 5.82 Å². The number of fused-ring (bicyclic) bond motifs is 1. The Kier molecular flexibility index (Phi) is 4.67. The largest absolute Gasteiger partial charge is 0.369 e. The average molecular weight is 349 g/mol. The van der Waals surface area contributed by atoms with Crippen molar-refractivity contribution in [3.63, 3.8) is 0 Å². The van der Waals surface area contributed by atoms with Gasteiger partial charge in [0.05, 0.1) is 11.3 Å². The zero-order chi connectivity index (χ0) is 17.9. The quantitative estimate of drug-likeness (QED) is 0.668. The molecule has 1 aromatic carbocycles. The van der Waals surface area contributed by atoms with E-state index in [1.807, 2.05) is 30.3 Å². The van der Waals surface area contributed by atoms with Crippen molar-refractivity contribution in [3.8, 4) is 11.5 Å². The number of benzene rings is 1. The van der Waals surface area contributed by atoms with Crippen molar-refractivity contribution >= 4 is 22.5 Å². The highest BCUT2D eigenvalue weighted by atomic mass is 16.1. The van der Waals surface area contributed by atoms with Crippen molar-refractivity contribution in [2.24, 2.45) is 0 Å². The van der Waals surface area contributed by atoms with Crippen LogP contribution in [-0.2, 0) is 0 Å². The van der Waals surface area contributed by atoms with Gasteiger partial charge in [-0.2, -0.15) is 0 Å². The number of carbonyl (C=O) groups excluding carboxylic acids is 1. The topological polar surface area (TPSA) is 73.9 Å². The third-order valence-corrected chi connectivity index (χ3v) is 4.87. The average Bonchev–Trinajstić information content (AvgIpc) is 3.29. The van der Waals surface area contributed by atoms with E-state index in [2.05, 4.69) is 25.2 Å². The normalized spacial score (nSPS) is 14.8. The van der Waals surface area contributed by atoms with Gasteiger partial charge in [0.15, 0.2) is 11.6 Å². The summed E-state index contributed by atoms with van der Waals surface area (Å²) >= 11 is 0. The molecule has 1 aliphatic heterocycles. The van der Waals surface area contributed by atoms with Crippen LogP contribution in [0.15, 0.2) is 36.5 Å². The number of para-hydroxylation sites is 1. The molecule has 0 radical (unpaired) electrons. The van der Waals surface area contributed by atoms with Gasteiger partial charge in [0.25, 0.3) is 0 Å². The molecular weight excluding hydrogens is 326 g/mol. The number of likely N-dealkylation sites (tertiary alicyclic amines) is 1. The molecule has 1 saturated heterocycles. The van der Waals surface area contributed by atoms with E-state index in [0.29, 0.717) is 17.1 Å². The third-order valence-electron chi connectivity index (χ3n) is 4.87. The van der Waals surface area contributed by atoms with Crippen molar-refractivity contribution in [1.29, 1.82) is 0 Å². The molecule has 2 aromatic heterocycles. The number of ketones is 1. The van der Waals surface area contributed by atoms with Gasteiger partial charge >= 0.3 is 0 Å². The summed E-state index contributed by atoms with van der Waals surface area (Å²) in [4.78, 5) is 27.0. The molecule has 0 atom stereocenters. The van der Waals surface area contributed by atoms with Crippen LogP contribution in [0.4, 0.5) is 5.82 Å². The molecule has 0 bridgehead atoms. The molecule has 3 aromatic rings. The minimum absolute atomic E-state index is 0.00782. The van der Waals surface area contributed by atoms with Crippen LogP contribution >= 0.6 is 0 Å². The summed E-state index contributed by atoms with van der Waals surface area (Å²) < 4.78 is 0. The second-order valence-corrected chi connectivity index (χ2v) is 6.72. The summed E-state index contributed by atoms with van der Waals surface area (Å²) in [6, 6.07) is 9.66. The first kappa shape index (κ1) is 16.7. The fraction of sp³-hybridized carbons (Fsp3) is 0.350. The molecule has 4 rings (SSSR count). The van der Waals surface area contributed by atoms with Crippen molar-refractivity contribution < 1.29 is 4.79 Å². The number of aromatic amines is 1. The first-order valence-electron chi connectivity index (χ1n) is 9.13.